The number of fused-ring (bicyclic) bond motifs is 10. The highest BCUT2D eigenvalue weighted by Gasteiger charge is 2.52. The molecule has 0 bridgehead atoms. The molecule has 7 aromatic rings. The van der Waals surface area contributed by atoms with Crippen molar-refractivity contribution in [1.82, 2.24) is 0 Å². The first-order valence-electron chi connectivity index (χ1n) is 18.7. The zero-order valence-corrected chi connectivity index (χ0v) is 30.9. The van der Waals surface area contributed by atoms with Crippen LogP contribution >= 0.6 is 0 Å². The smallest absolute Gasteiger partial charge is 0.119 e. The van der Waals surface area contributed by atoms with Crippen molar-refractivity contribution in [3.8, 4) is 51.3 Å². The van der Waals surface area contributed by atoms with E-state index in [-0.39, 0.29) is 0 Å². The van der Waals surface area contributed by atoms with Gasteiger partial charge >= 0.3 is 0 Å². The minimum Gasteiger partial charge on any atom is -0.491 e. The molecule has 0 saturated carbocycles. The molecular weight excluding hydrogens is 691 g/mol. The summed E-state index contributed by atoms with van der Waals surface area (Å²) in [5.74, 6) is 0.728. The van der Waals surface area contributed by atoms with Gasteiger partial charge in [0.15, 0.2) is 0 Å². The second-order valence-electron chi connectivity index (χ2n) is 14.0. The minimum absolute atomic E-state index is 0.388. The number of nitriles is 2. The van der Waals surface area contributed by atoms with Gasteiger partial charge in [0, 0.05) is 24.2 Å². The fourth-order valence-electron chi connectivity index (χ4n) is 8.48. The lowest BCUT2D eigenvalue weighted by Gasteiger charge is -2.31. The number of para-hydroxylation sites is 2. The van der Waals surface area contributed by atoms with Crippen LogP contribution < -0.4 is 9.64 Å². The quantitative estimate of drug-likeness (QED) is 0.123. The molecule has 1 spiro atoms. The molecule has 0 heterocycles. The van der Waals surface area contributed by atoms with Crippen molar-refractivity contribution in [1.29, 1.82) is 10.5 Å². The summed E-state index contributed by atoms with van der Waals surface area (Å²) < 4.78 is 17.1. The van der Waals surface area contributed by atoms with Crippen molar-refractivity contribution < 1.29 is 14.2 Å². The summed E-state index contributed by atoms with van der Waals surface area (Å²) in [6, 6.07) is 59.2. The molecule has 0 N–H and O–H groups in total. The molecule has 0 fully saturated rings. The predicted molar refractivity (Wildman–Crippen MR) is 220 cm³/mol. The zero-order valence-electron chi connectivity index (χ0n) is 30.9. The summed E-state index contributed by atoms with van der Waals surface area (Å²) in [5.41, 5.74) is 14.3. The lowest BCUT2D eigenvalue weighted by Crippen LogP contribution is -2.26. The van der Waals surface area contributed by atoms with Crippen molar-refractivity contribution in [3.05, 3.63) is 191 Å². The first-order chi connectivity index (χ1) is 27.6. The van der Waals surface area contributed by atoms with Gasteiger partial charge in [-0.25, -0.2) is 0 Å². The molecule has 6 heteroatoms. The number of benzene rings is 7. The van der Waals surface area contributed by atoms with Gasteiger partial charge in [-0.05, 0) is 134 Å². The van der Waals surface area contributed by atoms with Crippen LogP contribution in [0.5, 0.6) is 5.75 Å². The highest BCUT2D eigenvalue weighted by molar-refractivity contribution is 5.96. The largest absolute Gasteiger partial charge is 0.491 e. The molecule has 56 heavy (non-hydrogen) atoms. The van der Waals surface area contributed by atoms with Gasteiger partial charge < -0.3 is 19.1 Å². The maximum atomic E-state index is 10.2. The van der Waals surface area contributed by atoms with Gasteiger partial charge in [-0.1, -0.05) is 78.9 Å². The van der Waals surface area contributed by atoms with Crippen LogP contribution in [0.1, 0.15) is 33.4 Å². The Morgan fingerprint density at radius 3 is 1.54 bits per heavy atom. The van der Waals surface area contributed by atoms with E-state index in [0.717, 1.165) is 78.4 Å². The van der Waals surface area contributed by atoms with Crippen molar-refractivity contribution in [2.45, 2.75) is 5.41 Å². The monoisotopic (exact) mass is 727 g/mol. The number of hydrogen-bond acceptors (Lipinski definition) is 6. The van der Waals surface area contributed by atoms with Crippen LogP contribution in [0.3, 0.4) is 0 Å². The Kier molecular flexibility index (Phi) is 9.13. The van der Waals surface area contributed by atoms with E-state index >= 15 is 0 Å². The van der Waals surface area contributed by atoms with Gasteiger partial charge in [-0.2, -0.15) is 10.5 Å². The molecule has 9 rings (SSSR count). The molecule has 0 amide bonds. The number of ether oxygens (including phenoxy) is 3. The molecule has 2 aliphatic carbocycles. The standard InChI is InChI=1S/C50H37N3O3/c1-54-24-25-55-26-27-56-41-19-23-45-44-22-16-37(36-14-17-40(18-15-36)53(38-8-4-2-5-9-38)39-10-6-3-7-11-39)30-48(44)50(49(45)31-41)46-28-34(32-51)12-20-42(46)43-21-13-35(33-52)29-47(43)50/h2-23,28-31H,24-27H2,1H3. The van der Waals surface area contributed by atoms with Gasteiger partial charge in [0.2, 0.25) is 0 Å². The summed E-state index contributed by atoms with van der Waals surface area (Å²) in [6.07, 6.45) is 0. The lowest BCUT2D eigenvalue weighted by molar-refractivity contribution is 0.0544. The number of nitrogens with zero attached hydrogens (tertiary/aromatic N) is 3. The van der Waals surface area contributed by atoms with E-state index in [1.165, 1.54) is 0 Å². The SMILES string of the molecule is COCCOCCOc1ccc2c(c1)C1(c3cc(C#N)ccc3-c3ccc(C#N)cc31)c1cc(-c3ccc(N(c4ccccc4)c4ccccc4)cc3)ccc1-2. The van der Waals surface area contributed by atoms with Gasteiger partial charge in [0.25, 0.3) is 0 Å². The molecule has 7 aromatic carbocycles. The predicted octanol–water partition coefficient (Wildman–Crippen LogP) is 11.0. The van der Waals surface area contributed by atoms with Gasteiger partial charge in [0.1, 0.15) is 12.4 Å². The summed E-state index contributed by atoms with van der Waals surface area (Å²) in [6.45, 7) is 1.85. The van der Waals surface area contributed by atoms with Gasteiger partial charge in [-0.3, -0.25) is 0 Å². The van der Waals surface area contributed by atoms with E-state index in [4.69, 9.17) is 14.2 Å². The fraction of sp³-hybridized carbons (Fsp3) is 0.120. The normalized spacial score (nSPS) is 12.6. The van der Waals surface area contributed by atoms with E-state index in [1.54, 1.807) is 7.11 Å². The van der Waals surface area contributed by atoms with Crippen LogP contribution in [0, 0.1) is 22.7 Å². The molecule has 0 aliphatic heterocycles. The third-order valence-corrected chi connectivity index (χ3v) is 10.9. The Hall–Kier alpha value is -6.96. The summed E-state index contributed by atoms with van der Waals surface area (Å²) >= 11 is 0. The molecule has 270 valence electrons. The Morgan fingerprint density at radius 1 is 0.482 bits per heavy atom. The number of methoxy groups -OCH3 is 1. The van der Waals surface area contributed by atoms with E-state index in [2.05, 4.69) is 132 Å². The molecule has 0 atom stereocenters. The Balaban J connectivity index is 1.19. The van der Waals surface area contributed by atoms with E-state index in [9.17, 15) is 10.5 Å². The number of anilines is 3. The average Bonchev–Trinajstić information content (AvgIpc) is 3.71. The van der Waals surface area contributed by atoms with Crippen molar-refractivity contribution in [2.24, 2.45) is 0 Å². The highest BCUT2D eigenvalue weighted by Crippen LogP contribution is 2.63. The lowest BCUT2D eigenvalue weighted by atomic mass is 9.69. The van der Waals surface area contributed by atoms with Crippen LogP contribution in [-0.4, -0.2) is 33.5 Å². The first-order valence-corrected chi connectivity index (χ1v) is 18.7. The van der Waals surface area contributed by atoms with Crippen LogP contribution in [0.15, 0.2) is 158 Å². The van der Waals surface area contributed by atoms with Crippen molar-refractivity contribution in [3.63, 3.8) is 0 Å². The minimum atomic E-state index is -0.795. The first kappa shape index (κ1) is 34.8. The zero-order chi connectivity index (χ0) is 38.1. The van der Waals surface area contributed by atoms with Crippen molar-refractivity contribution >= 4 is 17.1 Å². The second-order valence-corrected chi connectivity index (χ2v) is 14.0. The molecular formula is C50H37N3O3. The third-order valence-electron chi connectivity index (χ3n) is 10.9. The Labute approximate surface area is 327 Å². The molecule has 6 nitrogen and oxygen atoms in total. The number of hydrogen-bond donors (Lipinski definition) is 0. The fourth-order valence-corrected chi connectivity index (χ4v) is 8.48. The van der Waals surface area contributed by atoms with E-state index in [0.29, 0.717) is 37.6 Å². The summed E-state index contributed by atoms with van der Waals surface area (Å²) in [5, 5.41) is 20.3. The van der Waals surface area contributed by atoms with Gasteiger partial charge in [-0.15, -0.1) is 0 Å². The maximum Gasteiger partial charge on any atom is 0.119 e. The molecule has 0 aromatic heterocycles. The van der Waals surface area contributed by atoms with Crippen LogP contribution in [0.4, 0.5) is 17.1 Å². The topological polar surface area (TPSA) is 78.5 Å². The van der Waals surface area contributed by atoms with E-state index in [1.807, 2.05) is 42.5 Å². The Bertz CT molecular complexity index is 2560. The molecule has 0 radical (unpaired) electrons. The summed E-state index contributed by atoms with van der Waals surface area (Å²) in [4.78, 5) is 2.26. The van der Waals surface area contributed by atoms with E-state index < -0.39 is 5.41 Å². The van der Waals surface area contributed by atoms with Crippen LogP contribution in [-0.2, 0) is 14.9 Å². The van der Waals surface area contributed by atoms with Crippen LogP contribution in [0.25, 0.3) is 33.4 Å². The van der Waals surface area contributed by atoms with Gasteiger partial charge in [0.05, 0.1) is 48.5 Å². The molecule has 0 unspecified atom stereocenters. The molecule has 2 aliphatic rings. The second kappa shape index (κ2) is 14.7. The third kappa shape index (κ3) is 5.81. The highest BCUT2D eigenvalue weighted by atomic mass is 16.5. The van der Waals surface area contributed by atoms with Crippen LogP contribution in [0.2, 0.25) is 0 Å². The van der Waals surface area contributed by atoms with Crippen molar-refractivity contribution in [2.75, 3.05) is 38.4 Å². The average molecular weight is 728 g/mol. The number of rotatable bonds is 11. The maximum absolute atomic E-state index is 10.2. The Morgan fingerprint density at radius 2 is 0.964 bits per heavy atom. The summed E-state index contributed by atoms with van der Waals surface area (Å²) in [7, 11) is 1.65. The molecule has 0 saturated heterocycles.